The van der Waals surface area contributed by atoms with E-state index in [1.54, 1.807) is 16.7 Å². The number of rotatable bonds is 4. The summed E-state index contributed by atoms with van der Waals surface area (Å²) in [5.41, 5.74) is 1.46. The molecule has 2 aromatic rings. The molecule has 12 nitrogen and oxygen atoms in total. The van der Waals surface area contributed by atoms with E-state index in [2.05, 4.69) is 19.9 Å². The van der Waals surface area contributed by atoms with Gasteiger partial charge in [-0.2, -0.15) is 0 Å². The highest BCUT2D eigenvalue weighted by Gasteiger charge is 2.26. The highest BCUT2D eigenvalue weighted by molar-refractivity contribution is 6.34. The first-order chi connectivity index (χ1) is 20.3. The van der Waals surface area contributed by atoms with Crippen molar-refractivity contribution in [2.75, 3.05) is 26.2 Å². The molecule has 2 aromatic heterocycles. The molecular weight excluding hydrogens is 623 g/mol. The van der Waals surface area contributed by atoms with Crippen LogP contribution in [0, 0.1) is 13.8 Å². The summed E-state index contributed by atoms with van der Waals surface area (Å²) in [6.07, 6.45) is 4.62. The monoisotopic (exact) mass is 662 g/mol. The number of halogens is 3. The molecule has 0 radical (unpaired) electrons. The number of carbonyl (C=O) groups is 2. The van der Waals surface area contributed by atoms with Crippen molar-refractivity contribution in [3.63, 3.8) is 0 Å². The second kappa shape index (κ2) is 18.2. The number of aliphatic hydroxyl groups is 1. The average molecular weight is 664 g/mol. The summed E-state index contributed by atoms with van der Waals surface area (Å²) in [7, 11) is 0. The van der Waals surface area contributed by atoms with Crippen LogP contribution in [0.15, 0.2) is 12.7 Å². The summed E-state index contributed by atoms with van der Waals surface area (Å²) in [5, 5.41) is 10.4. The van der Waals surface area contributed by atoms with Crippen LogP contribution in [0.1, 0.15) is 64.5 Å². The van der Waals surface area contributed by atoms with E-state index in [1.807, 2.05) is 34.6 Å². The topological polar surface area (TPSA) is 140 Å². The van der Waals surface area contributed by atoms with Crippen LogP contribution in [0.2, 0.25) is 15.5 Å². The molecule has 0 spiro atoms. The van der Waals surface area contributed by atoms with Gasteiger partial charge in [0.25, 0.3) is 0 Å². The number of amides is 2. The van der Waals surface area contributed by atoms with Gasteiger partial charge < -0.3 is 29.1 Å². The number of carbonyl (C=O) groups excluding carboxylic acids is 2. The highest BCUT2D eigenvalue weighted by atomic mass is 35.5. The fraction of sp³-hybridized carbons (Fsp3) is 0.643. The van der Waals surface area contributed by atoms with Crippen LogP contribution in [-0.4, -0.2) is 97.6 Å². The van der Waals surface area contributed by atoms with E-state index in [0.717, 1.165) is 24.0 Å². The quantitative estimate of drug-likeness (QED) is 0.393. The van der Waals surface area contributed by atoms with Crippen molar-refractivity contribution in [3.05, 3.63) is 39.2 Å². The number of aromatic nitrogens is 4. The Balaban J connectivity index is 0.000000249. The largest absolute Gasteiger partial charge is 0.474 e. The molecular formula is C28H41Cl3N6O6. The number of hydrogen-bond donors (Lipinski definition) is 1. The summed E-state index contributed by atoms with van der Waals surface area (Å²) >= 11 is 17.1. The molecule has 2 aliphatic rings. The van der Waals surface area contributed by atoms with Crippen molar-refractivity contribution in [2.45, 2.75) is 91.6 Å². The zero-order chi connectivity index (χ0) is 32.1. The SMILES string of the molecule is CC(C)OC(=O)N1CCC(O)CC1.Cc1c(Cl)ncnc1Cl.Cc1c(Cl)ncnc1OC1CCN(C(=O)OC(C)C)CC1. The minimum Gasteiger partial charge on any atom is -0.474 e. The molecule has 0 bridgehead atoms. The molecule has 43 heavy (non-hydrogen) atoms. The Morgan fingerprint density at radius 2 is 1.14 bits per heavy atom. The Bertz CT molecular complexity index is 1160. The fourth-order valence-electron chi connectivity index (χ4n) is 3.86. The van der Waals surface area contributed by atoms with Crippen LogP contribution < -0.4 is 4.74 Å². The van der Waals surface area contributed by atoms with Crippen LogP contribution in [0.5, 0.6) is 5.88 Å². The molecule has 4 heterocycles. The maximum absolute atomic E-state index is 11.8. The van der Waals surface area contributed by atoms with E-state index in [1.165, 1.54) is 12.7 Å². The highest BCUT2D eigenvalue weighted by Crippen LogP contribution is 2.24. The van der Waals surface area contributed by atoms with Crippen LogP contribution >= 0.6 is 34.8 Å². The first kappa shape index (κ1) is 36.5. The predicted octanol–water partition coefficient (Wildman–Crippen LogP) is 5.91. The molecule has 2 amide bonds. The van der Waals surface area contributed by atoms with E-state index in [4.69, 9.17) is 49.0 Å². The Labute approximate surface area is 268 Å². The smallest absolute Gasteiger partial charge is 0.410 e. The molecule has 2 saturated heterocycles. The summed E-state index contributed by atoms with van der Waals surface area (Å²) in [4.78, 5) is 41.9. The van der Waals surface area contributed by atoms with Gasteiger partial charge in [-0.1, -0.05) is 34.8 Å². The van der Waals surface area contributed by atoms with Gasteiger partial charge in [-0.15, -0.1) is 0 Å². The Hall–Kier alpha value is -2.67. The summed E-state index contributed by atoms with van der Waals surface area (Å²) in [6.45, 7) is 13.4. The molecule has 15 heteroatoms. The normalized spacial score (nSPS) is 15.7. The number of piperidine rings is 2. The van der Waals surface area contributed by atoms with Crippen molar-refractivity contribution in [2.24, 2.45) is 0 Å². The minimum absolute atomic E-state index is 0.0257. The zero-order valence-corrected chi connectivity index (χ0v) is 27.7. The third-order valence-electron chi connectivity index (χ3n) is 6.31. The van der Waals surface area contributed by atoms with E-state index in [-0.39, 0.29) is 36.6 Å². The first-order valence-corrected chi connectivity index (χ1v) is 15.3. The summed E-state index contributed by atoms with van der Waals surface area (Å²) in [6, 6.07) is 0. The lowest BCUT2D eigenvalue weighted by Gasteiger charge is -2.31. The minimum atomic E-state index is -0.262. The third kappa shape index (κ3) is 12.8. The zero-order valence-electron chi connectivity index (χ0n) is 25.4. The van der Waals surface area contributed by atoms with Crippen LogP contribution in [0.4, 0.5) is 9.59 Å². The van der Waals surface area contributed by atoms with Gasteiger partial charge >= 0.3 is 12.2 Å². The van der Waals surface area contributed by atoms with Gasteiger partial charge in [0.15, 0.2) is 0 Å². The van der Waals surface area contributed by atoms with Gasteiger partial charge in [0.05, 0.1) is 18.3 Å². The van der Waals surface area contributed by atoms with Crippen LogP contribution in [-0.2, 0) is 9.47 Å². The van der Waals surface area contributed by atoms with Crippen molar-refractivity contribution in [3.8, 4) is 5.88 Å². The lowest BCUT2D eigenvalue weighted by molar-refractivity contribution is 0.0455. The maximum Gasteiger partial charge on any atom is 0.410 e. The van der Waals surface area contributed by atoms with Gasteiger partial charge in [0, 0.05) is 50.1 Å². The van der Waals surface area contributed by atoms with E-state index < -0.39 is 0 Å². The Morgan fingerprint density at radius 1 is 0.744 bits per heavy atom. The molecule has 2 aliphatic heterocycles. The van der Waals surface area contributed by atoms with Crippen molar-refractivity contribution < 1.29 is 28.9 Å². The number of likely N-dealkylation sites (tertiary alicyclic amines) is 2. The lowest BCUT2D eigenvalue weighted by atomic mass is 10.1. The van der Waals surface area contributed by atoms with E-state index in [0.29, 0.717) is 60.4 Å². The number of aliphatic hydroxyl groups excluding tert-OH is 1. The number of ether oxygens (including phenoxy) is 3. The molecule has 240 valence electrons. The van der Waals surface area contributed by atoms with Gasteiger partial charge in [-0.3, -0.25) is 0 Å². The fourth-order valence-corrected chi connectivity index (χ4v) is 4.30. The van der Waals surface area contributed by atoms with Crippen molar-refractivity contribution >= 4 is 47.0 Å². The summed E-state index contributed by atoms with van der Waals surface area (Å²) < 4.78 is 16.1. The van der Waals surface area contributed by atoms with Gasteiger partial charge in [0.1, 0.15) is 34.2 Å². The van der Waals surface area contributed by atoms with E-state index in [9.17, 15) is 14.7 Å². The Morgan fingerprint density at radius 3 is 1.56 bits per heavy atom. The van der Waals surface area contributed by atoms with Gasteiger partial charge in [-0.05, 0) is 54.4 Å². The molecule has 0 aliphatic carbocycles. The first-order valence-electron chi connectivity index (χ1n) is 14.1. The van der Waals surface area contributed by atoms with E-state index >= 15 is 0 Å². The standard InChI is InChI=1S/C14H20ClN3O3.C9H17NO3.C5H4Cl2N2/c1-9(2)20-14(19)18-6-4-11(5-7-18)21-13-10(3)12(15)16-8-17-13;1-7(2)13-9(12)10-5-3-8(11)4-6-10;1-3-4(6)8-2-9-5(3)7/h8-9,11H,4-7H2,1-3H3;7-8,11H,3-6H2,1-2H3;2H,1H3. The molecule has 2 fully saturated rings. The molecule has 0 unspecified atom stereocenters. The van der Waals surface area contributed by atoms with Crippen LogP contribution in [0.3, 0.4) is 0 Å². The summed E-state index contributed by atoms with van der Waals surface area (Å²) in [5.74, 6) is 0.512. The van der Waals surface area contributed by atoms with Crippen molar-refractivity contribution in [1.29, 1.82) is 0 Å². The molecule has 0 saturated carbocycles. The van der Waals surface area contributed by atoms with Crippen LogP contribution in [0.25, 0.3) is 0 Å². The molecule has 0 aromatic carbocycles. The third-order valence-corrected chi connectivity index (χ3v) is 7.45. The molecule has 0 atom stereocenters. The van der Waals surface area contributed by atoms with Crippen molar-refractivity contribution in [1.82, 2.24) is 29.7 Å². The second-order valence-corrected chi connectivity index (χ2v) is 11.6. The average Bonchev–Trinajstić information content (AvgIpc) is 2.95. The maximum atomic E-state index is 11.8. The lowest BCUT2D eigenvalue weighted by Crippen LogP contribution is -2.42. The number of nitrogens with zero attached hydrogens (tertiary/aromatic N) is 6. The van der Waals surface area contributed by atoms with Gasteiger partial charge in [0.2, 0.25) is 5.88 Å². The Kier molecular flexibility index (Phi) is 15.5. The second-order valence-electron chi connectivity index (χ2n) is 10.6. The molecule has 4 rings (SSSR count). The molecule has 1 N–H and O–H groups in total. The number of hydrogen-bond acceptors (Lipinski definition) is 10. The van der Waals surface area contributed by atoms with Gasteiger partial charge in [-0.25, -0.2) is 29.5 Å². The predicted molar refractivity (Wildman–Crippen MR) is 164 cm³/mol.